The molecule has 6 nitrogen and oxygen atoms in total. The van der Waals surface area contributed by atoms with E-state index in [0.29, 0.717) is 44.0 Å². The van der Waals surface area contributed by atoms with Gasteiger partial charge in [0.25, 0.3) is 5.91 Å². The standard InChI is InChI=1S/C24H34N4O2/c1-17(2)16-28-22-9-8-20(25-15-19-6-4-18(3)5-7-19)14-21(22)23(26-28)24(29)27-10-12-30-13-11-27/h4-7,17,20,25H,8-16H2,1-3H3/t20-/m0/s1. The van der Waals surface area contributed by atoms with Crippen LogP contribution in [0.2, 0.25) is 0 Å². The summed E-state index contributed by atoms with van der Waals surface area (Å²) in [5.74, 6) is 0.564. The second kappa shape index (κ2) is 9.31. The Morgan fingerprint density at radius 3 is 2.67 bits per heavy atom. The summed E-state index contributed by atoms with van der Waals surface area (Å²) < 4.78 is 7.53. The predicted molar refractivity (Wildman–Crippen MR) is 118 cm³/mol. The smallest absolute Gasteiger partial charge is 0.274 e. The van der Waals surface area contributed by atoms with Gasteiger partial charge >= 0.3 is 0 Å². The molecular formula is C24H34N4O2. The highest BCUT2D eigenvalue weighted by Gasteiger charge is 2.31. The number of nitrogens with zero attached hydrogens (tertiary/aromatic N) is 3. The molecule has 1 aliphatic carbocycles. The number of rotatable bonds is 6. The highest BCUT2D eigenvalue weighted by atomic mass is 16.5. The summed E-state index contributed by atoms with van der Waals surface area (Å²) in [7, 11) is 0. The van der Waals surface area contributed by atoms with Gasteiger partial charge in [-0.3, -0.25) is 9.48 Å². The van der Waals surface area contributed by atoms with E-state index in [-0.39, 0.29) is 5.91 Å². The third-order valence-electron chi connectivity index (χ3n) is 6.10. The van der Waals surface area contributed by atoms with E-state index in [1.165, 1.54) is 16.8 Å². The Kier molecular flexibility index (Phi) is 6.54. The van der Waals surface area contributed by atoms with Gasteiger partial charge in [0.05, 0.1) is 13.2 Å². The molecule has 0 bridgehead atoms. The fourth-order valence-electron chi connectivity index (χ4n) is 4.42. The molecule has 2 aromatic rings. The van der Waals surface area contributed by atoms with E-state index in [9.17, 15) is 4.79 Å². The van der Waals surface area contributed by atoms with Crippen LogP contribution in [0.1, 0.15) is 53.1 Å². The monoisotopic (exact) mass is 410 g/mol. The van der Waals surface area contributed by atoms with Crippen molar-refractivity contribution in [1.29, 1.82) is 0 Å². The van der Waals surface area contributed by atoms with Crippen LogP contribution in [0.5, 0.6) is 0 Å². The first-order valence-corrected chi connectivity index (χ1v) is 11.3. The summed E-state index contributed by atoms with van der Waals surface area (Å²) in [6.07, 6.45) is 2.91. The van der Waals surface area contributed by atoms with Gasteiger partial charge in [0.15, 0.2) is 5.69 Å². The van der Waals surface area contributed by atoms with Gasteiger partial charge < -0.3 is 15.0 Å². The number of nitrogens with one attached hydrogen (secondary N) is 1. The first-order valence-electron chi connectivity index (χ1n) is 11.3. The maximum Gasteiger partial charge on any atom is 0.274 e. The summed E-state index contributed by atoms with van der Waals surface area (Å²) in [5, 5.41) is 8.54. The molecule has 1 fully saturated rings. The molecule has 1 aromatic heterocycles. The summed E-state index contributed by atoms with van der Waals surface area (Å²) in [4.78, 5) is 15.2. The Bertz CT molecular complexity index is 866. The molecular weight excluding hydrogens is 376 g/mol. The molecule has 0 unspecified atom stereocenters. The van der Waals surface area contributed by atoms with Crippen LogP contribution in [0.4, 0.5) is 0 Å². The van der Waals surface area contributed by atoms with Gasteiger partial charge in [0.1, 0.15) is 0 Å². The number of hydrogen-bond acceptors (Lipinski definition) is 4. The molecule has 30 heavy (non-hydrogen) atoms. The molecule has 1 aliphatic heterocycles. The van der Waals surface area contributed by atoms with Crippen LogP contribution in [0.25, 0.3) is 0 Å². The lowest BCUT2D eigenvalue weighted by Crippen LogP contribution is -2.41. The van der Waals surface area contributed by atoms with Crippen molar-refractivity contribution in [3.05, 3.63) is 52.3 Å². The maximum atomic E-state index is 13.3. The third-order valence-corrected chi connectivity index (χ3v) is 6.10. The maximum absolute atomic E-state index is 13.3. The van der Waals surface area contributed by atoms with Crippen LogP contribution in [0.15, 0.2) is 24.3 Å². The number of morpholine rings is 1. The van der Waals surface area contributed by atoms with Crippen molar-refractivity contribution < 1.29 is 9.53 Å². The number of amides is 1. The van der Waals surface area contributed by atoms with Crippen molar-refractivity contribution in [3.8, 4) is 0 Å². The number of aryl methyl sites for hydroxylation is 1. The number of aromatic nitrogens is 2. The SMILES string of the molecule is Cc1ccc(CN[C@H]2CCc3c(c(C(=O)N4CCOCC4)nn3CC(C)C)C2)cc1. The van der Waals surface area contributed by atoms with Crippen LogP contribution in [-0.2, 0) is 30.7 Å². The first kappa shape index (κ1) is 21.1. The molecule has 162 valence electrons. The van der Waals surface area contributed by atoms with Crippen LogP contribution in [0, 0.1) is 12.8 Å². The number of benzene rings is 1. The number of hydrogen-bond donors (Lipinski definition) is 1. The zero-order chi connectivity index (χ0) is 21.1. The predicted octanol–water partition coefficient (Wildman–Crippen LogP) is 2.97. The molecule has 4 rings (SSSR count). The molecule has 1 atom stereocenters. The normalized spacial score (nSPS) is 19.2. The Morgan fingerprint density at radius 1 is 1.23 bits per heavy atom. The van der Waals surface area contributed by atoms with Crippen LogP contribution in [-0.4, -0.2) is 52.9 Å². The molecule has 1 saturated heterocycles. The first-order chi connectivity index (χ1) is 14.5. The topological polar surface area (TPSA) is 59.4 Å². The van der Waals surface area contributed by atoms with Gasteiger partial charge in [-0.25, -0.2) is 0 Å². The van der Waals surface area contributed by atoms with Crippen LogP contribution >= 0.6 is 0 Å². The molecule has 2 heterocycles. The molecule has 1 amide bonds. The van der Waals surface area contributed by atoms with Crippen LogP contribution < -0.4 is 5.32 Å². The summed E-state index contributed by atoms with van der Waals surface area (Å²) in [5.41, 5.74) is 5.65. The van der Waals surface area contributed by atoms with Gasteiger partial charge in [0.2, 0.25) is 0 Å². The van der Waals surface area contributed by atoms with Crippen molar-refractivity contribution >= 4 is 5.91 Å². The van der Waals surface area contributed by atoms with Crippen molar-refractivity contribution in [1.82, 2.24) is 20.0 Å². The zero-order valence-electron chi connectivity index (χ0n) is 18.5. The zero-order valence-corrected chi connectivity index (χ0v) is 18.5. The molecule has 1 aromatic carbocycles. The fraction of sp³-hybridized carbons (Fsp3) is 0.583. The molecule has 1 N–H and O–H groups in total. The number of carbonyl (C=O) groups is 1. The van der Waals surface area contributed by atoms with Crippen molar-refractivity contribution in [2.45, 2.75) is 59.2 Å². The van der Waals surface area contributed by atoms with Gasteiger partial charge in [-0.15, -0.1) is 0 Å². The van der Waals surface area contributed by atoms with Gasteiger partial charge in [0, 0.05) is 43.5 Å². The largest absolute Gasteiger partial charge is 0.378 e. The summed E-state index contributed by atoms with van der Waals surface area (Å²) in [6.45, 7) is 10.8. The molecule has 0 spiro atoms. The van der Waals surface area contributed by atoms with E-state index in [4.69, 9.17) is 9.84 Å². The van der Waals surface area contributed by atoms with Crippen LogP contribution in [0.3, 0.4) is 0 Å². The average Bonchev–Trinajstić information content (AvgIpc) is 3.10. The number of ether oxygens (including phenoxy) is 1. The Morgan fingerprint density at radius 2 is 1.97 bits per heavy atom. The minimum Gasteiger partial charge on any atom is -0.378 e. The fourth-order valence-corrected chi connectivity index (χ4v) is 4.42. The van der Waals surface area contributed by atoms with E-state index in [1.54, 1.807) is 0 Å². The van der Waals surface area contributed by atoms with E-state index in [1.807, 2.05) is 4.90 Å². The second-order valence-corrected chi connectivity index (χ2v) is 9.06. The van der Waals surface area contributed by atoms with Crippen molar-refractivity contribution in [3.63, 3.8) is 0 Å². The molecule has 0 radical (unpaired) electrons. The minimum absolute atomic E-state index is 0.0660. The number of carbonyl (C=O) groups excluding carboxylic acids is 1. The van der Waals surface area contributed by atoms with E-state index in [2.05, 4.69) is 55.0 Å². The summed E-state index contributed by atoms with van der Waals surface area (Å²) in [6, 6.07) is 9.05. The third kappa shape index (κ3) is 4.76. The van der Waals surface area contributed by atoms with Gasteiger partial charge in [-0.05, 0) is 37.7 Å². The lowest BCUT2D eigenvalue weighted by atomic mass is 9.90. The highest BCUT2D eigenvalue weighted by Crippen LogP contribution is 2.27. The Hall–Kier alpha value is -2.18. The van der Waals surface area contributed by atoms with Gasteiger partial charge in [-0.2, -0.15) is 5.10 Å². The average molecular weight is 411 g/mol. The number of fused-ring (bicyclic) bond motifs is 1. The van der Waals surface area contributed by atoms with E-state index >= 15 is 0 Å². The quantitative estimate of drug-likeness (QED) is 0.795. The summed E-state index contributed by atoms with van der Waals surface area (Å²) >= 11 is 0. The highest BCUT2D eigenvalue weighted by molar-refractivity contribution is 5.94. The lowest BCUT2D eigenvalue weighted by Gasteiger charge is -2.28. The van der Waals surface area contributed by atoms with Crippen molar-refractivity contribution in [2.75, 3.05) is 26.3 Å². The Balaban J connectivity index is 1.52. The molecule has 2 aliphatic rings. The Labute approximate surface area is 179 Å². The second-order valence-electron chi connectivity index (χ2n) is 9.06. The van der Waals surface area contributed by atoms with E-state index < -0.39 is 0 Å². The lowest BCUT2D eigenvalue weighted by molar-refractivity contribution is 0.0297. The van der Waals surface area contributed by atoms with Crippen molar-refractivity contribution in [2.24, 2.45) is 5.92 Å². The van der Waals surface area contributed by atoms with Gasteiger partial charge in [-0.1, -0.05) is 43.7 Å². The van der Waals surface area contributed by atoms with E-state index in [0.717, 1.165) is 37.9 Å². The minimum atomic E-state index is 0.0660. The molecule has 0 saturated carbocycles. The molecule has 6 heteroatoms.